The molecule has 0 amide bonds. The third kappa shape index (κ3) is 2.76. The summed E-state index contributed by atoms with van der Waals surface area (Å²) < 4.78 is 0. The second-order valence-corrected chi connectivity index (χ2v) is 5.88. The number of nitro benzene ring substituents is 1. The number of hydrogen-bond donors (Lipinski definition) is 0. The van der Waals surface area contributed by atoms with Crippen molar-refractivity contribution in [2.45, 2.75) is 0 Å². The van der Waals surface area contributed by atoms with Crippen LogP contribution in [0.1, 0.15) is 0 Å². The number of rotatable bonds is 3. The molecule has 0 fully saturated rings. The molecule has 25 heavy (non-hydrogen) atoms. The zero-order chi connectivity index (χ0) is 17.2. The molecule has 0 spiro atoms. The van der Waals surface area contributed by atoms with E-state index in [1.165, 1.54) is 0 Å². The Hall–Kier alpha value is -3.46. The van der Waals surface area contributed by atoms with Crippen LogP contribution in [0, 0.1) is 10.1 Å². The van der Waals surface area contributed by atoms with Crippen LogP contribution in [-0.4, -0.2) is 4.92 Å². The molecule has 120 valence electrons. The van der Waals surface area contributed by atoms with Gasteiger partial charge >= 0.3 is 0 Å². The molecule has 0 aromatic heterocycles. The Balaban J connectivity index is 1.92. The lowest BCUT2D eigenvalue weighted by Crippen LogP contribution is -1.93. The van der Waals surface area contributed by atoms with Crippen molar-refractivity contribution in [3.05, 3.63) is 101 Å². The highest BCUT2D eigenvalue weighted by atomic mass is 16.6. The van der Waals surface area contributed by atoms with Crippen LogP contribution in [-0.2, 0) is 0 Å². The fourth-order valence-electron chi connectivity index (χ4n) is 3.19. The molecule has 0 bridgehead atoms. The van der Waals surface area contributed by atoms with E-state index in [1.807, 2.05) is 84.9 Å². The topological polar surface area (TPSA) is 43.1 Å². The zero-order valence-electron chi connectivity index (χ0n) is 13.4. The van der Waals surface area contributed by atoms with Crippen molar-refractivity contribution in [2.24, 2.45) is 0 Å². The van der Waals surface area contributed by atoms with Gasteiger partial charge in [0, 0.05) is 6.07 Å². The van der Waals surface area contributed by atoms with Gasteiger partial charge in [-0.1, -0.05) is 78.9 Å². The molecule has 4 aromatic carbocycles. The summed E-state index contributed by atoms with van der Waals surface area (Å²) in [5.74, 6) is 0. The molecule has 0 aliphatic rings. The van der Waals surface area contributed by atoms with Crippen molar-refractivity contribution in [1.82, 2.24) is 0 Å². The lowest BCUT2D eigenvalue weighted by molar-refractivity contribution is -0.384. The maximum absolute atomic E-state index is 11.6. The first kappa shape index (κ1) is 15.1. The lowest BCUT2D eigenvalue weighted by atomic mass is 9.95. The van der Waals surface area contributed by atoms with Gasteiger partial charge in [0.05, 0.1) is 10.5 Å². The van der Waals surface area contributed by atoms with Crippen LogP contribution in [0.5, 0.6) is 0 Å². The van der Waals surface area contributed by atoms with Crippen molar-refractivity contribution < 1.29 is 4.92 Å². The number of fused-ring (bicyclic) bond motifs is 1. The van der Waals surface area contributed by atoms with E-state index in [9.17, 15) is 10.1 Å². The first-order valence-electron chi connectivity index (χ1n) is 8.06. The number of nitro groups is 1. The van der Waals surface area contributed by atoms with Crippen molar-refractivity contribution >= 4 is 16.5 Å². The minimum Gasteiger partial charge on any atom is -0.258 e. The fraction of sp³-hybridized carbons (Fsp3) is 0. The van der Waals surface area contributed by atoms with Gasteiger partial charge in [-0.2, -0.15) is 0 Å². The molecule has 0 saturated heterocycles. The van der Waals surface area contributed by atoms with Crippen LogP contribution in [0.3, 0.4) is 0 Å². The minimum absolute atomic E-state index is 0.122. The Morgan fingerprint density at radius 2 is 1.36 bits per heavy atom. The second-order valence-electron chi connectivity index (χ2n) is 5.88. The second kappa shape index (κ2) is 6.21. The van der Waals surface area contributed by atoms with E-state index in [0.29, 0.717) is 5.56 Å². The smallest absolute Gasteiger partial charge is 0.258 e. The monoisotopic (exact) mass is 325 g/mol. The van der Waals surface area contributed by atoms with Gasteiger partial charge < -0.3 is 0 Å². The summed E-state index contributed by atoms with van der Waals surface area (Å²) in [4.78, 5) is 11.3. The molecule has 3 heteroatoms. The molecule has 4 aromatic rings. The summed E-state index contributed by atoms with van der Waals surface area (Å²) in [5.41, 5.74) is 3.45. The number of benzene rings is 4. The van der Waals surface area contributed by atoms with E-state index in [-0.39, 0.29) is 10.6 Å². The summed E-state index contributed by atoms with van der Waals surface area (Å²) in [6, 6.07) is 29.0. The van der Waals surface area contributed by atoms with E-state index in [4.69, 9.17) is 0 Å². The van der Waals surface area contributed by atoms with Crippen molar-refractivity contribution in [2.75, 3.05) is 0 Å². The Labute approximate surface area is 145 Å². The Morgan fingerprint density at radius 1 is 0.640 bits per heavy atom. The van der Waals surface area contributed by atoms with Gasteiger partial charge in [-0.3, -0.25) is 10.1 Å². The predicted octanol–water partition coefficient (Wildman–Crippen LogP) is 6.08. The first-order chi connectivity index (χ1) is 12.2. The summed E-state index contributed by atoms with van der Waals surface area (Å²) in [6.45, 7) is 0. The van der Waals surface area contributed by atoms with E-state index in [0.717, 1.165) is 27.5 Å². The summed E-state index contributed by atoms with van der Waals surface area (Å²) in [7, 11) is 0. The van der Waals surface area contributed by atoms with Crippen molar-refractivity contribution in [3.63, 3.8) is 0 Å². The van der Waals surface area contributed by atoms with Crippen LogP contribution in [0.15, 0.2) is 91.0 Å². The van der Waals surface area contributed by atoms with Gasteiger partial charge in [0.25, 0.3) is 5.69 Å². The first-order valence-corrected chi connectivity index (χ1v) is 8.06. The van der Waals surface area contributed by atoms with Crippen LogP contribution < -0.4 is 0 Å². The molecule has 0 atom stereocenters. The number of nitrogens with zero attached hydrogens (tertiary/aromatic N) is 1. The van der Waals surface area contributed by atoms with E-state index in [1.54, 1.807) is 6.07 Å². The fourth-order valence-corrected chi connectivity index (χ4v) is 3.19. The number of hydrogen-bond acceptors (Lipinski definition) is 2. The summed E-state index contributed by atoms with van der Waals surface area (Å²) >= 11 is 0. The molecule has 0 aliphatic carbocycles. The van der Waals surface area contributed by atoms with Gasteiger partial charge in [0.1, 0.15) is 0 Å². The van der Waals surface area contributed by atoms with E-state index in [2.05, 4.69) is 0 Å². The van der Waals surface area contributed by atoms with E-state index < -0.39 is 0 Å². The van der Waals surface area contributed by atoms with Gasteiger partial charge in [-0.15, -0.1) is 0 Å². The average molecular weight is 325 g/mol. The highest BCUT2D eigenvalue weighted by molar-refractivity contribution is 5.97. The largest absolute Gasteiger partial charge is 0.277 e. The highest BCUT2D eigenvalue weighted by Gasteiger charge is 2.17. The minimum atomic E-state index is -0.309. The predicted molar refractivity (Wildman–Crippen MR) is 101 cm³/mol. The Bertz CT molecular complexity index is 1070. The highest BCUT2D eigenvalue weighted by Crippen LogP contribution is 2.36. The molecule has 0 saturated carbocycles. The molecular formula is C22H15NO2. The molecule has 0 N–H and O–H groups in total. The Morgan fingerprint density at radius 3 is 2.16 bits per heavy atom. The van der Waals surface area contributed by atoms with Crippen LogP contribution in [0.4, 0.5) is 5.69 Å². The van der Waals surface area contributed by atoms with Gasteiger partial charge in [-0.05, 0) is 33.5 Å². The third-order valence-electron chi connectivity index (χ3n) is 4.38. The zero-order valence-corrected chi connectivity index (χ0v) is 13.4. The maximum Gasteiger partial charge on any atom is 0.277 e. The van der Waals surface area contributed by atoms with Crippen LogP contribution >= 0.6 is 0 Å². The quantitative estimate of drug-likeness (QED) is 0.338. The van der Waals surface area contributed by atoms with Gasteiger partial charge in [0.2, 0.25) is 0 Å². The lowest BCUT2D eigenvalue weighted by Gasteiger charge is -2.09. The van der Waals surface area contributed by atoms with E-state index >= 15 is 0 Å². The maximum atomic E-state index is 11.6. The summed E-state index contributed by atoms with van der Waals surface area (Å²) in [5, 5.41) is 13.9. The molecule has 0 heterocycles. The van der Waals surface area contributed by atoms with Crippen molar-refractivity contribution in [3.8, 4) is 22.3 Å². The summed E-state index contributed by atoms with van der Waals surface area (Å²) in [6.07, 6.45) is 0. The molecule has 0 unspecified atom stereocenters. The molecule has 0 aliphatic heterocycles. The molecular weight excluding hydrogens is 310 g/mol. The van der Waals surface area contributed by atoms with Gasteiger partial charge in [-0.25, -0.2) is 0 Å². The van der Waals surface area contributed by atoms with Crippen LogP contribution in [0.25, 0.3) is 33.0 Å². The van der Waals surface area contributed by atoms with Crippen LogP contribution in [0.2, 0.25) is 0 Å². The van der Waals surface area contributed by atoms with Gasteiger partial charge in [0.15, 0.2) is 0 Å². The third-order valence-corrected chi connectivity index (χ3v) is 4.38. The SMILES string of the molecule is O=[N+]([O-])c1cc(-c2cccc3ccccc23)ccc1-c1ccccc1. The Kier molecular flexibility index (Phi) is 3.75. The normalized spacial score (nSPS) is 10.7. The molecule has 4 rings (SSSR count). The molecule has 0 radical (unpaired) electrons. The molecule has 3 nitrogen and oxygen atoms in total. The van der Waals surface area contributed by atoms with Crippen molar-refractivity contribution in [1.29, 1.82) is 0 Å². The standard InChI is InChI=1S/C22H15NO2/c24-23(25)22-15-18(13-14-21(22)17-7-2-1-3-8-17)20-12-6-10-16-9-4-5-11-19(16)20/h1-15H. The average Bonchev–Trinajstić information content (AvgIpc) is 2.68.